The predicted octanol–water partition coefficient (Wildman–Crippen LogP) is 3.64. The first-order valence-corrected chi connectivity index (χ1v) is 5.72. The molecule has 0 nitrogen and oxygen atoms in total. The zero-order chi connectivity index (χ0) is 7.61. The molecule has 0 atom stereocenters. The number of halogens is 1. The molecular weight excluding hydrogens is 235 g/mol. The van der Waals surface area contributed by atoms with Gasteiger partial charge in [0.25, 0.3) is 0 Å². The Hall–Kier alpha value is 0.730. The molecule has 0 aromatic heterocycles. The second kappa shape index (κ2) is 3.42. The van der Waals surface area contributed by atoms with Gasteiger partial charge in [-0.2, -0.15) is 0 Å². The average molecular weight is 252 g/mol. The molecule has 0 heterocycles. The summed E-state index contributed by atoms with van der Waals surface area (Å²) in [6.07, 6.45) is 5.83. The van der Waals surface area contributed by atoms with E-state index in [0.29, 0.717) is 5.41 Å². The highest BCUT2D eigenvalue weighted by molar-refractivity contribution is 14.1. The van der Waals surface area contributed by atoms with Crippen molar-refractivity contribution in [1.29, 1.82) is 0 Å². The van der Waals surface area contributed by atoms with Crippen LogP contribution in [0, 0.1) is 11.3 Å². The topological polar surface area (TPSA) is 0 Å². The molecule has 1 aliphatic carbocycles. The van der Waals surface area contributed by atoms with E-state index < -0.39 is 0 Å². The maximum Gasteiger partial charge on any atom is 0.00237 e. The molecule has 60 valence electrons. The van der Waals surface area contributed by atoms with Gasteiger partial charge in [0.1, 0.15) is 0 Å². The van der Waals surface area contributed by atoms with E-state index in [1.165, 1.54) is 30.1 Å². The molecule has 1 heteroatoms. The van der Waals surface area contributed by atoms with E-state index in [0.717, 1.165) is 5.92 Å². The lowest BCUT2D eigenvalue weighted by atomic mass is 9.74. The highest BCUT2D eigenvalue weighted by Gasteiger charge is 2.25. The van der Waals surface area contributed by atoms with Gasteiger partial charge >= 0.3 is 0 Å². The van der Waals surface area contributed by atoms with Crippen molar-refractivity contribution in [2.45, 2.75) is 39.5 Å². The zero-order valence-corrected chi connectivity index (χ0v) is 9.15. The summed E-state index contributed by atoms with van der Waals surface area (Å²) in [5.41, 5.74) is 0.655. The third-order valence-electron chi connectivity index (χ3n) is 2.68. The lowest BCUT2D eigenvalue weighted by molar-refractivity contribution is 0.204. The fourth-order valence-electron chi connectivity index (χ4n) is 1.61. The van der Waals surface area contributed by atoms with Crippen LogP contribution in [0.3, 0.4) is 0 Å². The summed E-state index contributed by atoms with van der Waals surface area (Å²) in [5, 5.41) is 0. The van der Waals surface area contributed by atoms with Crippen LogP contribution in [0.5, 0.6) is 0 Å². The average Bonchev–Trinajstić information content (AvgIpc) is 1.88. The molecular formula is C9H17I. The Morgan fingerprint density at radius 2 is 1.80 bits per heavy atom. The summed E-state index contributed by atoms with van der Waals surface area (Å²) >= 11 is 2.52. The van der Waals surface area contributed by atoms with E-state index in [-0.39, 0.29) is 0 Å². The Labute approximate surface area is 77.9 Å². The van der Waals surface area contributed by atoms with E-state index >= 15 is 0 Å². The van der Waals surface area contributed by atoms with Crippen LogP contribution in [0.4, 0.5) is 0 Å². The lowest BCUT2D eigenvalue weighted by Crippen LogP contribution is -2.21. The Morgan fingerprint density at radius 3 is 2.20 bits per heavy atom. The van der Waals surface area contributed by atoms with Gasteiger partial charge < -0.3 is 0 Å². The first kappa shape index (κ1) is 8.82. The Balaban J connectivity index is 2.31. The largest absolute Gasteiger partial charge is 0.0861 e. The van der Waals surface area contributed by atoms with Gasteiger partial charge in [0, 0.05) is 4.43 Å². The molecule has 0 amide bonds. The Kier molecular flexibility index (Phi) is 3.02. The van der Waals surface area contributed by atoms with Crippen LogP contribution in [-0.4, -0.2) is 4.43 Å². The SMILES string of the molecule is CC1(C)CCC(CI)CC1. The Morgan fingerprint density at radius 1 is 1.30 bits per heavy atom. The van der Waals surface area contributed by atoms with Crippen molar-refractivity contribution in [3.05, 3.63) is 0 Å². The van der Waals surface area contributed by atoms with Gasteiger partial charge in [0.15, 0.2) is 0 Å². The van der Waals surface area contributed by atoms with Crippen molar-refractivity contribution in [3.63, 3.8) is 0 Å². The molecule has 0 bridgehead atoms. The second-order valence-corrected chi connectivity index (χ2v) is 5.14. The zero-order valence-electron chi connectivity index (χ0n) is 6.99. The van der Waals surface area contributed by atoms with Crippen molar-refractivity contribution in [2.24, 2.45) is 11.3 Å². The van der Waals surface area contributed by atoms with Crippen molar-refractivity contribution in [2.75, 3.05) is 4.43 Å². The quantitative estimate of drug-likeness (QED) is 0.493. The fraction of sp³-hybridized carbons (Fsp3) is 1.00. The highest BCUT2D eigenvalue weighted by Crippen LogP contribution is 2.38. The minimum Gasteiger partial charge on any atom is -0.0861 e. The Bertz CT molecular complexity index is 97.3. The summed E-state index contributed by atoms with van der Waals surface area (Å²) in [7, 11) is 0. The van der Waals surface area contributed by atoms with Crippen LogP contribution in [-0.2, 0) is 0 Å². The van der Waals surface area contributed by atoms with Crippen LogP contribution in [0.2, 0.25) is 0 Å². The van der Waals surface area contributed by atoms with Gasteiger partial charge in [-0.1, -0.05) is 36.4 Å². The standard InChI is InChI=1S/C9H17I/c1-9(2)5-3-8(7-10)4-6-9/h8H,3-7H2,1-2H3. The first-order chi connectivity index (χ1) is 4.64. The molecule has 1 aliphatic rings. The summed E-state index contributed by atoms with van der Waals surface area (Å²) in [6.45, 7) is 4.80. The van der Waals surface area contributed by atoms with Crippen LogP contribution < -0.4 is 0 Å². The summed E-state index contributed by atoms with van der Waals surface area (Å²) in [5.74, 6) is 1.04. The van der Waals surface area contributed by atoms with Crippen molar-refractivity contribution >= 4 is 22.6 Å². The van der Waals surface area contributed by atoms with E-state index in [1.54, 1.807) is 0 Å². The van der Waals surface area contributed by atoms with Crippen molar-refractivity contribution < 1.29 is 0 Å². The fourth-order valence-corrected chi connectivity index (χ4v) is 2.49. The van der Waals surface area contributed by atoms with Gasteiger partial charge in [-0.3, -0.25) is 0 Å². The monoisotopic (exact) mass is 252 g/mol. The van der Waals surface area contributed by atoms with Crippen molar-refractivity contribution in [1.82, 2.24) is 0 Å². The number of rotatable bonds is 1. The normalized spacial score (nSPS) is 26.7. The molecule has 0 aromatic rings. The predicted molar refractivity (Wildman–Crippen MR) is 54.6 cm³/mol. The summed E-state index contributed by atoms with van der Waals surface area (Å²) < 4.78 is 1.37. The van der Waals surface area contributed by atoms with Crippen LogP contribution in [0.15, 0.2) is 0 Å². The number of hydrogen-bond donors (Lipinski definition) is 0. The molecule has 10 heavy (non-hydrogen) atoms. The maximum absolute atomic E-state index is 2.52. The molecule has 0 saturated heterocycles. The van der Waals surface area contributed by atoms with Gasteiger partial charge in [0.05, 0.1) is 0 Å². The minimum absolute atomic E-state index is 0.655. The first-order valence-electron chi connectivity index (χ1n) is 4.20. The second-order valence-electron chi connectivity index (χ2n) is 4.26. The van der Waals surface area contributed by atoms with Gasteiger partial charge in [-0.15, -0.1) is 0 Å². The summed E-state index contributed by atoms with van der Waals surface area (Å²) in [4.78, 5) is 0. The highest BCUT2D eigenvalue weighted by atomic mass is 127. The van der Waals surface area contributed by atoms with E-state index in [4.69, 9.17) is 0 Å². The molecule has 0 aromatic carbocycles. The molecule has 0 aliphatic heterocycles. The molecule has 0 N–H and O–H groups in total. The lowest BCUT2D eigenvalue weighted by Gasteiger charge is -2.33. The van der Waals surface area contributed by atoms with E-state index in [9.17, 15) is 0 Å². The van der Waals surface area contributed by atoms with Crippen LogP contribution in [0.25, 0.3) is 0 Å². The van der Waals surface area contributed by atoms with Gasteiger partial charge in [0.2, 0.25) is 0 Å². The van der Waals surface area contributed by atoms with Crippen LogP contribution in [0.1, 0.15) is 39.5 Å². The number of alkyl halides is 1. The molecule has 0 radical (unpaired) electrons. The van der Waals surface area contributed by atoms with E-state index in [1.807, 2.05) is 0 Å². The van der Waals surface area contributed by atoms with Crippen LogP contribution >= 0.6 is 22.6 Å². The third-order valence-corrected chi connectivity index (χ3v) is 3.92. The number of hydrogen-bond acceptors (Lipinski definition) is 0. The van der Waals surface area contributed by atoms with Crippen molar-refractivity contribution in [3.8, 4) is 0 Å². The van der Waals surface area contributed by atoms with E-state index in [2.05, 4.69) is 36.4 Å². The van der Waals surface area contributed by atoms with Gasteiger partial charge in [-0.05, 0) is 37.0 Å². The van der Waals surface area contributed by atoms with Gasteiger partial charge in [-0.25, -0.2) is 0 Å². The molecule has 0 unspecified atom stereocenters. The molecule has 1 saturated carbocycles. The molecule has 1 rings (SSSR count). The summed E-state index contributed by atoms with van der Waals surface area (Å²) in [6, 6.07) is 0. The maximum atomic E-state index is 2.52. The smallest absolute Gasteiger partial charge is 0.00237 e. The third kappa shape index (κ3) is 2.40. The minimum atomic E-state index is 0.655. The molecule has 0 spiro atoms. The molecule has 1 fully saturated rings.